The number of esters is 1. The van der Waals surface area contributed by atoms with Gasteiger partial charge in [-0.1, -0.05) is 0 Å². The van der Waals surface area contributed by atoms with E-state index in [0.29, 0.717) is 19.2 Å². The van der Waals surface area contributed by atoms with Crippen molar-refractivity contribution in [3.8, 4) is 0 Å². The summed E-state index contributed by atoms with van der Waals surface area (Å²) in [5, 5.41) is 0. The maximum atomic E-state index is 10.8. The highest BCUT2D eigenvalue weighted by molar-refractivity contribution is 5.72. The number of carbonyl (C=O) groups is 1. The predicted octanol–water partition coefficient (Wildman–Crippen LogP) is 0.254. The fourth-order valence-electron chi connectivity index (χ4n) is 0.885. The Balaban J connectivity index is 2.07. The van der Waals surface area contributed by atoms with Gasteiger partial charge in [-0.25, -0.2) is 0 Å². The molecule has 1 fully saturated rings. The van der Waals surface area contributed by atoms with Crippen LogP contribution in [0.3, 0.4) is 0 Å². The van der Waals surface area contributed by atoms with Crippen LogP contribution in [0.4, 0.5) is 0 Å². The third-order valence-corrected chi connectivity index (χ3v) is 1.63. The Morgan fingerprint density at radius 2 is 2.40 bits per heavy atom. The Morgan fingerprint density at radius 1 is 1.80 bits per heavy atom. The molecule has 2 atom stereocenters. The average molecular weight is 143 g/mol. The van der Waals surface area contributed by atoms with Gasteiger partial charge in [-0.05, 0) is 13.8 Å². The second-order valence-corrected chi connectivity index (χ2v) is 2.58. The van der Waals surface area contributed by atoms with Gasteiger partial charge in [-0.2, -0.15) is 0 Å². The van der Waals surface area contributed by atoms with Gasteiger partial charge in [0.2, 0.25) is 0 Å². The van der Waals surface area contributed by atoms with Crippen molar-refractivity contribution in [1.82, 2.24) is 4.90 Å². The summed E-state index contributed by atoms with van der Waals surface area (Å²) in [6.45, 7) is 5.91. The van der Waals surface area contributed by atoms with E-state index in [2.05, 4.69) is 11.8 Å². The monoisotopic (exact) mass is 143 g/mol. The van der Waals surface area contributed by atoms with Crippen LogP contribution in [0.15, 0.2) is 0 Å². The van der Waals surface area contributed by atoms with Crippen LogP contribution in [0.2, 0.25) is 0 Å². The van der Waals surface area contributed by atoms with Crippen LogP contribution >= 0.6 is 0 Å². The molecule has 0 aliphatic carbocycles. The van der Waals surface area contributed by atoms with Crippen molar-refractivity contribution in [2.45, 2.75) is 19.9 Å². The van der Waals surface area contributed by atoms with Crippen molar-refractivity contribution in [3.63, 3.8) is 0 Å². The van der Waals surface area contributed by atoms with Crippen molar-refractivity contribution in [2.24, 2.45) is 0 Å². The Labute approximate surface area is 61.0 Å². The molecule has 0 N–H and O–H groups in total. The largest absolute Gasteiger partial charge is 0.465 e. The van der Waals surface area contributed by atoms with Gasteiger partial charge in [-0.3, -0.25) is 9.69 Å². The molecule has 3 nitrogen and oxygen atoms in total. The van der Waals surface area contributed by atoms with E-state index in [4.69, 9.17) is 4.74 Å². The van der Waals surface area contributed by atoms with E-state index in [9.17, 15) is 4.79 Å². The van der Waals surface area contributed by atoms with Gasteiger partial charge in [0.15, 0.2) is 0 Å². The molecule has 0 amide bonds. The Hall–Kier alpha value is -0.570. The third kappa shape index (κ3) is 1.99. The molecule has 0 radical (unpaired) electrons. The lowest BCUT2D eigenvalue weighted by atomic mass is 10.5. The summed E-state index contributed by atoms with van der Waals surface area (Å²) in [5.41, 5.74) is 0. The van der Waals surface area contributed by atoms with E-state index >= 15 is 0 Å². The fourth-order valence-corrected chi connectivity index (χ4v) is 0.885. The molecule has 58 valence electrons. The second-order valence-electron chi connectivity index (χ2n) is 2.58. The van der Waals surface area contributed by atoms with Crippen molar-refractivity contribution in [3.05, 3.63) is 0 Å². The summed E-state index contributed by atoms with van der Waals surface area (Å²) in [4.78, 5) is 12.8. The number of ether oxygens (including phenoxy) is 1. The molecule has 0 saturated carbocycles. The molecule has 0 aromatic rings. The first kappa shape index (κ1) is 7.54. The number of hydrogen-bond donors (Lipinski definition) is 0. The van der Waals surface area contributed by atoms with Gasteiger partial charge in [0.1, 0.15) is 0 Å². The van der Waals surface area contributed by atoms with Crippen molar-refractivity contribution < 1.29 is 9.53 Å². The molecule has 2 unspecified atom stereocenters. The molecule has 10 heavy (non-hydrogen) atoms. The number of carbonyl (C=O) groups excluding carboxylic acids is 1. The Morgan fingerprint density at radius 3 is 2.80 bits per heavy atom. The first-order valence-corrected chi connectivity index (χ1v) is 3.63. The maximum Gasteiger partial charge on any atom is 0.320 e. The molecule has 0 spiro atoms. The van der Waals surface area contributed by atoms with Crippen LogP contribution in [0.5, 0.6) is 0 Å². The zero-order chi connectivity index (χ0) is 7.56. The third-order valence-electron chi connectivity index (χ3n) is 1.63. The lowest BCUT2D eigenvalue weighted by Crippen LogP contribution is -2.17. The number of nitrogens with zero attached hydrogens (tertiary/aromatic N) is 1. The first-order chi connectivity index (χ1) is 4.74. The van der Waals surface area contributed by atoms with Gasteiger partial charge in [0, 0.05) is 12.6 Å². The van der Waals surface area contributed by atoms with Crippen molar-refractivity contribution >= 4 is 5.97 Å². The molecular weight excluding hydrogens is 130 g/mol. The summed E-state index contributed by atoms with van der Waals surface area (Å²) in [6.07, 6.45) is 0. The van der Waals surface area contributed by atoms with Gasteiger partial charge in [-0.15, -0.1) is 0 Å². The smallest absolute Gasteiger partial charge is 0.320 e. The molecule has 1 aliphatic rings. The van der Waals surface area contributed by atoms with E-state index in [1.165, 1.54) is 0 Å². The Bertz CT molecular complexity index is 136. The van der Waals surface area contributed by atoms with E-state index in [1.807, 2.05) is 6.92 Å². The SMILES string of the molecule is CCOC(=O)CN1CC1C. The first-order valence-electron chi connectivity index (χ1n) is 3.63. The van der Waals surface area contributed by atoms with Crippen LogP contribution in [-0.4, -0.2) is 36.6 Å². The summed E-state index contributed by atoms with van der Waals surface area (Å²) in [5.74, 6) is -0.105. The van der Waals surface area contributed by atoms with Crippen LogP contribution in [0.25, 0.3) is 0 Å². The highest BCUT2D eigenvalue weighted by Gasteiger charge is 2.30. The van der Waals surface area contributed by atoms with Crippen LogP contribution in [-0.2, 0) is 9.53 Å². The molecular formula is C7H13NO2. The van der Waals surface area contributed by atoms with Gasteiger partial charge >= 0.3 is 5.97 Å². The Kier molecular flexibility index (Phi) is 2.27. The minimum Gasteiger partial charge on any atom is -0.465 e. The molecule has 0 aromatic heterocycles. The number of hydrogen-bond acceptors (Lipinski definition) is 3. The minimum absolute atomic E-state index is 0.105. The summed E-state index contributed by atoms with van der Waals surface area (Å²) in [7, 11) is 0. The van der Waals surface area contributed by atoms with Gasteiger partial charge in [0.05, 0.1) is 13.2 Å². The summed E-state index contributed by atoms with van der Waals surface area (Å²) in [6, 6.07) is 0.587. The molecule has 3 heteroatoms. The van der Waals surface area contributed by atoms with Crippen LogP contribution in [0.1, 0.15) is 13.8 Å². The van der Waals surface area contributed by atoms with Crippen molar-refractivity contribution in [1.29, 1.82) is 0 Å². The quantitative estimate of drug-likeness (QED) is 0.419. The normalized spacial score (nSPS) is 29.8. The minimum atomic E-state index is -0.105. The molecule has 1 saturated heterocycles. The highest BCUT2D eigenvalue weighted by Crippen LogP contribution is 2.14. The standard InChI is InChI=1S/C7H13NO2/c1-3-10-7(9)5-8-4-6(8)2/h6H,3-5H2,1-2H3. The van der Waals surface area contributed by atoms with E-state index in [-0.39, 0.29) is 5.97 Å². The van der Waals surface area contributed by atoms with E-state index in [0.717, 1.165) is 6.54 Å². The fraction of sp³-hybridized carbons (Fsp3) is 0.857. The highest BCUT2D eigenvalue weighted by atomic mass is 16.5. The second kappa shape index (κ2) is 3.01. The van der Waals surface area contributed by atoms with Crippen molar-refractivity contribution in [2.75, 3.05) is 19.7 Å². The van der Waals surface area contributed by atoms with Gasteiger partial charge < -0.3 is 4.74 Å². The zero-order valence-corrected chi connectivity index (χ0v) is 6.46. The average Bonchev–Trinajstić information content (AvgIpc) is 2.47. The molecule has 0 bridgehead atoms. The van der Waals surface area contributed by atoms with Gasteiger partial charge in [0.25, 0.3) is 0 Å². The maximum absolute atomic E-state index is 10.8. The van der Waals surface area contributed by atoms with Crippen LogP contribution < -0.4 is 0 Å². The summed E-state index contributed by atoms with van der Waals surface area (Å²) < 4.78 is 4.76. The molecule has 1 aliphatic heterocycles. The van der Waals surface area contributed by atoms with E-state index in [1.54, 1.807) is 0 Å². The molecule has 1 heterocycles. The lowest BCUT2D eigenvalue weighted by molar-refractivity contribution is -0.143. The number of rotatable bonds is 3. The topological polar surface area (TPSA) is 29.3 Å². The van der Waals surface area contributed by atoms with Crippen LogP contribution in [0, 0.1) is 0 Å². The summed E-state index contributed by atoms with van der Waals surface area (Å²) >= 11 is 0. The molecule has 0 aromatic carbocycles. The van der Waals surface area contributed by atoms with E-state index < -0.39 is 0 Å². The lowest BCUT2D eigenvalue weighted by Gasteiger charge is -2.00. The predicted molar refractivity (Wildman–Crippen MR) is 37.7 cm³/mol. The molecule has 1 rings (SSSR count). The zero-order valence-electron chi connectivity index (χ0n) is 6.46.